The van der Waals surface area contributed by atoms with Gasteiger partial charge in [-0.05, 0) is 0 Å². The first-order chi connectivity index (χ1) is 2.56. The summed E-state index contributed by atoms with van der Waals surface area (Å²) >= 11 is 0. The van der Waals surface area contributed by atoms with Gasteiger partial charge < -0.3 is 14.4 Å². The molecule has 0 saturated heterocycles. The maximum Gasteiger partial charge on any atom is 0.703 e. The highest BCUT2D eigenvalue weighted by atomic mass is 28.4. The van der Waals surface area contributed by atoms with Crippen LogP contribution in [0.2, 0.25) is 0 Å². The molecule has 0 spiro atoms. The Bertz CT molecular complexity index is 41.4. The SMILES string of the molecule is O[Si](O)(O)OF.[AlH3]. The van der Waals surface area contributed by atoms with Crippen molar-refractivity contribution in [1.29, 1.82) is 0 Å². The Hall–Kier alpha value is 0.519. The van der Waals surface area contributed by atoms with Crippen LogP contribution < -0.4 is 0 Å². The molecule has 0 rings (SSSR count). The molecule has 0 aliphatic heterocycles. The summed E-state index contributed by atoms with van der Waals surface area (Å²) in [6.45, 7) is 0. The molecule has 44 valence electrons. The zero-order chi connectivity index (χ0) is 5.21. The molecule has 7 heavy (non-hydrogen) atoms. The van der Waals surface area contributed by atoms with Gasteiger partial charge in [0.05, 0.1) is 0 Å². The minimum atomic E-state index is -4.80. The summed E-state index contributed by atoms with van der Waals surface area (Å²) in [5.74, 6) is 0. The lowest BCUT2D eigenvalue weighted by Gasteiger charge is -1.96. The standard InChI is InChI=1S/Al.FH3O4Si.3H/c;1-5-6(2,3)4;;;/h;2-4H;;;. The van der Waals surface area contributed by atoms with Gasteiger partial charge in [-0.1, -0.05) is 4.53 Å². The van der Waals surface area contributed by atoms with Crippen LogP contribution in [0.1, 0.15) is 0 Å². The van der Waals surface area contributed by atoms with E-state index >= 15 is 0 Å². The smallest absolute Gasteiger partial charge is 0.366 e. The van der Waals surface area contributed by atoms with Crippen molar-refractivity contribution in [3.63, 3.8) is 0 Å². The second-order valence-electron chi connectivity index (χ2n) is 0.651. The summed E-state index contributed by atoms with van der Waals surface area (Å²) in [5, 5.41) is 0. The molecule has 0 heterocycles. The predicted octanol–water partition coefficient (Wildman–Crippen LogP) is -2.88. The molecule has 0 unspecified atom stereocenters. The molecule has 0 fully saturated rings. The molecular weight excluding hydrogens is 138 g/mol. The number of rotatable bonds is 1. The summed E-state index contributed by atoms with van der Waals surface area (Å²) in [5.41, 5.74) is 0. The summed E-state index contributed by atoms with van der Waals surface area (Å²) in [4.78, 5) is 22.4. The van der Waals surface area contributed by atoms with Crippen LogP contribution in [0.25, 0.3) is 0 Å². The van der Waals surface area contributed by atoms with E-state index < -0.39 is 9.05 Å². The third-order valence-corrected chi connectivity index (χ3v) is 0.311. The van der Waals surface area contributed by atoms with Crippen molar-refractivity contribution >= 4 is 26.4 Å². The summed E-state index contributed by atoms with van der Waals surface area (Å²) in [6.07, 6.45) is 0. The van der Waals surface area contributed by atoms with Crippen molar-refractivity contribution < 1.29 is 23.5 Å². The van der Waals surface area contributed by atoms with Gasteiger partial charge in [0.2, 0.25) is 0 Å². The topological polar surface area (TPSA) is 69.9 Å². The Morgan fingerprint density at radius 1 is 1.29 bits per heavy atom. The monoisotopic (exact) mass is 144 g/mol. The lowest BCUT2D eigenvalue weighted by atomic mass is 15.5. The molecule has 0 amide bonds. The van der Waals surface area contributed by atoms with E-state index in [1.165, 1.54) is 0 Å². The molecule has 0 aromatic rings. The lowest BCUT2D eigenvalue weighted by Crippen LogP contribution is -2.35. The average Bonchev–Trinajstić information content (AvgIpc) is 1.35. The van der Waals surface area contributed by atoms with Gasteiger partial charge in [-0.25, -0.2) is 0 Å². The average molecular weight is 144 g/mol. The van der Waals surface area contributed by atoms with E-state index in [2.05, 4.69) is 4.63 Å². The van der Waals surface area contributed by atoms with Crippen LogP contribution in [0, 0.1) is 0 Å². The molecule has 7 heteroatoms. The van der Waals surface area contributed by atoms with Gasteiger partial charge in [0.1, 0.15) is 0 Å². The first-order valence-electron chi connectivity index (χ1n) is 1.03. The molecule has 0 saturated carbocycles. The molecule has 0 aromatic carbocycles. The van der Waals surface area contributed by atoms with E-state index in [1.54, 1.807) is 0 Å². The molecule has 0 radical (unpaired) electrons. The fourth-order valence-electron chi connectivity index (χ4n) is 0. The van der Waals surface area contributed by atoms with E-state index in [0.29, 0.717) is 0 Å². The number of halogens is 1. The van der Waals surface area contributed by atoms with Crippen molar-refractivity contribution in [1.82, 2.24) is 0 Å². The van der Waals surface area contributed by atoms with Crippen LogP contribution in [-0.4, -0.2) is 40.8 Å². The summed E-state index contributed by atoms with van der Waals surface area (Å²) in [7, 11) is -4.80. The molecule has 0 bridgehead atoms. The van der Waals surface area contributed by atoms with E-state index in [-0.39, 0.29) is 17.4 Å². The molecule has 0 aliphatic carbocycles. The van der Waals surface area contributed by atoms with Gasteiger partial charge in [-0.3, -0.25) is 0 Å². The van der Waals surface area contributed by atoms with E-state index in [4.69, 9.17) is 14.4 Å². The van der Waals surface area contributed by atoms with Crippen molar-refractivity contribution in [3.8, 4) is 0 Å². The minimum Gasteiger partial charge on any atom is -0.366 e. The quantitative estimate of drug-likeness (QED) is 0.346. The van der Waals surface area contributed by atoms with Crippen LogP contribution in [0.3, 0.4) is 0 Å². The third-order valence-electron chi connectivity index (χ3n) is 0.104. The van der Waals surface area contributed by atoms with Crippen molar-refractivity contribution in [2.24, 2.45) is 0 Å². The summed E-state index contributed by atoms with van der Waals surface area (Å²) < 4.78 is 12.6. The van der Waals surface area contributed by atoms with Gasteiger partial charge in [-0.2, -0.15) is 4.63 Å². The summed E-state index contributed by atoms with van der Waals surface area (Å²) in [6, 6.07) is 0. The fraction of sp³-hybridized carbons (Fsp3) is 0. The van der Waals surface area contributed by atoms with E-state index in [9.17, 15) is 4.53 Å². The molecular formula is H6AlFO4Si. The van der Waals surface area contributed by atoms with Gasteiger partial charge in [0, 0.05) is 0 Å². The molecule has 0 aliphatic rings. The maximum absolute atomic E-state index is 10.3. The van der Waals surface area contributed by atoms with Crippen LogP contribution >= 0.6 is 0 Å². The Kier molecular flexibility index (Phi) is 5.26. The third kappa shape index (κ3) is 10.8. The Labute approximate surface area is 50.7 Å². The Balaban J connectivity index is 0. The number of hydrogen-bond acceptors (Lipinski definition) is 4. The predicted molar refractivity (Wildman–Crippen MR) is 24.5 cm³/mol. The normalized spacial score (nSPS) is 10.3. The van der Waals surface area contributed by atoms with Crippen molar-refractivity contribution in [2.45, 2.75) is 0 Å². The van der Waals surface area contributed by atoms with Gasteiger partial charge in [-0.15, -0.1) is 0 Å². The Morgan fingerprint density at radius 2 is 1.43 bits per heavy atom. The maximum atomic E-state index is 10.3. The molecule has 3 N–H and O–H groups in total. The molecule has 4 nitrogen and oxygen atoms in total. The van der Waals surface area contributed by atoms with Gasteiger partial charge >= 0.3 is 9.05 Å². The fourth-order valence-corrected chi connectivity index (χ4v) is 0. The van der Waals surface area contributed by atoms with Gasteiger partial charge in [0.15, 0.2) is 17.4 Å². The van der Waals surface area contributed by atoms with Crippen LogP contribution in [0.15, 0.2) is 0 Å². The van der Waals surface area contributed by atoms with Crippen molar-refractivity contribution in [3.05, 3.63) is 0 Å². The van der Waals surface area contributed by atoms with Crippen LogP contribution in [-0.2, 0) is 4.63 Å². The van der Waals surface area contributed by atoms with E-state index in [0.717, 1.165) is 0 Å². The highest BCUT2D eigenvalue weighted by Gasteiger charge is 2.31. The minimum absolute atomic E-state index is 0. The molecule has 0 aromatic heterocycles. The number of hydrogen-bond donors (Lipinski definition) is 3. The lowest BCUT2D eigenvalue weighted by molar-refractivity contribution is -0.111. The highest BCUT2D eigenvalue weighted by Crippen LogP contribution is 1.85. The van der Waals surface area contributed by atoms with Gasteiger partial charge in [0.25, 0.3) is 0 Å². The zero-order valence-corrected chi connectivity index (χ0v) is 3.63. The molecule has 0 atom stereocenters. The first kappa shape index (κ1) is 10.5. The highest BCUT2D eigenvalue weighted by molar-refractivity contribution is 6.48. The zero-order valence-electron chi connectivity index (χ0n) is 2.63. The first-order valence-corrected chi connectivity index (χ1v) is 2.78. The van der Waals surface area contributed by atoms with E-state index in [1.807, 2.05) is 0 Å². The second kappa shape index (κ2) is 3.51. The van der Waals surface area contributed by atoms with Crippen molar-refractivity contribution in [2.75, 3.05) is 0 Å². The second-order valence-corrected chi connectivity index (χ2v) is 1.95. The largest absolute Gasteiger partial charge is 0.703 e. The Morgan fingerprint density at radius 3 is 1.43 bits per heavy atom. The van der Waals surface area contributed by atoms with Crippen LogP contribution in [0.4, 0.5) is 4.53 Å². The van der Waals surface area contributed by atoms with Crippen LogP contribution in [0.5, 0.6) is 0 Å².